The third-order valence-electron chi connectivity index (χ3n) is 5.58. The Morgan fingerprint density at radius 2 is 1.72 bits per heavy atom. The van der Waals surface area contributed by atoms with Crippen LogP contribution in [0.15, 0.2) is 0 Å². The van der Waals surface area contributed by atoms with Crippen molar-refractivity contribution < 1.29 is 29.4 Å². The van der Waals surface area contributed by atoms with E-state index >= 15 is 0 Å². The monoisotopic (exact) mass is 413 g/mol. The smallest absolute Gasteiger partial charge is 0.245 e. The van der Waals surface area contributed by atoms with E-state index in [0.717, 1.165) is 0 Å². The average Bonchev–Trinajstić information content (AvgIpc) is 3.32. The van der Waals surface area contributed by atoms with Crippen molar-refractivity contribution in [2.45, 2.75) is 63.4 Å². The van der Waals surface area contributed by atoms with E-state index in [2.05, 4.69) is 5.32 Å². The standard InChI is InChI=1S/C18H31N5O6/c1-9(24)13(19)18(29)23-6-3-4-12(23)17(28)22-7-5-11(8-22)16(27)21-14(10(2)25)15(20)26/h9-14,24-25H,3-8,19H2,1-2H3,(H2,20,26)(H,21,27)/t9-,10-,11+,12-,13+,14+/m1/s1. The van der Waals surface area contributed by atoms with E-state index in [9.17, 15) is 29.4 Å². The molecule has 6 atom stereocenters. The molecule has 11 heteroatoms. The second kappa shape index (κ2) is 9.51. The Hall–Kier alpha value is -2.24. The van der Waals surface area contributed by atoms with Crippen molar-refractivity contribution in [1.29, 1.82) is 0 Å². The summed E-state index contributed by atoms with van der Waals surface area (Å²) in [6.45, 7) is 3.66. The zero-order chi connectivity index (χ0) is 21.9. The highest BCUT2D eigenvalue weighted by Gasteiger charge is 2.42. The summed E-state index contributed by atoms with van der Waals surface area (Å²) in [7, 11) is 0. The van der Waals surface area contributed by atoms with Gasteiger partial charge in [-0.3, -0.25) is 19.2 Å². The summed E-state index contributed by atoms with van der Waals surface area (Å²) < 4.78 is 0. The Balaban J connectivity index is 1.98. The van der Waals surface area contributed by atoms with Crippen LogP contribution in [0, 0.1) is 5.92 Å². The molecule has 11 nitrogen and oxygen atoms in total. The first-order chi connectivity index (χ1) is 13.5. The number of carbonyl (C=O) groups excluding carboxylic acids is 4. The predicted octanol–water partition coefficient (Wildman–Crippen LogP) is -3.12. The van der Waals surface area contributed by atoms with Crippen LogP contribution >= 0.6 is 0 Å². The number of primary amides is 1. The van der Waals surface area contributed by atoms with Crippen molar-refractivity contribution in [1.82, 2.24) is 15.1 Å². The molecule has 29 heavy (non-hydrogen) atoms. The molecule has 0 bridgehead atoms. The summed E-state index contributed by atoms with van der Waals surface area (Å²) in [4.78, 5) is 52.1. The number of nitrogens with zero attached hydrogens (tertiary/aromatic N) is 2. The highest BCUT2D eigenvalue weighted by atomic mass is 16.3. The minimum Gasteiger partial charge on any atom is -0.391 e. The Labute approximate surface area is 169 Å². The molecule has 0 aromatic carbocycles. The van der Waals surface area contributed by atoms with Crippen LogP contribution in [0.3, 0.4) is 0 Å². The molecular formula is C18H31N5O6. The first kappa shape index (κ1) is 23.0. The molecule has 4 amide bonds. The lowest BCUT2D eigenvalue weighted by atomic mass is 10.1. The van der Waals surface area contributed by atoms with E-state index in [-0.39, 0.29) is 12.5 Å². The molecular weight excluding hydrogens is 382 g/mol. The maximum Gasteiger partial charge on any atom is 0.245 e. The first-order valence-electron chi connectivity index (χ1n) is 9.85. The number of likely N-dealkylation sites (tertiary alicyclic amines) is 2. The van der Waals surface area contributed by atoms with Crippen LogP contribution in [0.4, 0.5) is 0 Å². The molecule has 7 N–H and O–H groups in total. The van der Waals surface area contributed by atoms with E-state index in [1.807, 2.05) is 0 Å². The van der Waals surface area contributed by atoms with Crippen molar-refractivity contribution in [3.63, 3.8) is 0 Å². The molecule has 0 unspecified atom stereocenters. The van der Waals surface area contributed by atoms with Crippen molar-refractivity contribution in [3.8, 4) is 0 Å². The number of nitrogens with two attached hydrogens (primary N) is 2. The molecule has 164 valence electrons. The first-order valence-corrected chi connectivity index (χ1v) is 9.85. The van der Waals surface area contributed by atoms with Gasteiger partial charge in [-0.2, -0.15) is 0 Å². The third kappa shape index (κ3) is 5.22. The average molecular weight is 413 g/mol. The number of amides is 4. The SMILES string of the molecule is C[C@@H](O)[C@H](N)C(=O)N1CCC[C@@H]1C(=O)N1CC[C@H](C(=O)N[C@H](C(N)=O)[C@@H](C)O)C1. The number of carbonyl (C=O) groups is 4. The Bertz CT molecular complexity index is 655. The van der Waals surface area contributed by atoms with E-state index < -0.39 is 54.0 Å². The highest BCUT2D eigenvalue weighted by molar-refractivity contribution is 5.92. The van der Waals surface area contributed by atoms with Crippen molar-refractivity contribution >= 4 is 23.6 Å². The molecule has 0 radical (unpaired) electrons. The zero-order valence-electron chi connectivity index (χ0n) is 16.8. The fraction of sp³-hybridized carbons (Fsp3) is 0.778. The largest absolute Gasteiger partial charge is 0.391 e. The molecule has 0 aliphatic carbocycles. The molecule has 0 aromatic heterocycles. The second-order valence-corrected chi connectivity index (χ2v) is 7.86. The topological polar surface area (TPSA) is 179 Å². The van der Waals surface area contributed by atoms with Crippen molar-refractivity contribution in [2.24, 2.45) is 17.4 Å². The summed E-state index contributed by atoms with van der Waals surface area (Å²) in [5.41, 5.74) is 10.9. The fourth-order valence-electron chi connectivity index (χ4n) is 3.77. The Morgan fingerprint density at radius 1 is 1.07 bits per heavy atom. The van der Waals surface area contributed by atoms with Gasteiger partial charge in [-0.05, 0) is 33.1 Å². The zero-order valence-corrected chi connectivity index (χ0v) is 16.8. The van der Waals surface area contributed by atoms with Crippen LogP contribution < -0.4 is 16.8 Å². The summed E-state index contributed by atoms with van der Waals surface area (Å²) in [5.74, 6) is -2.56. The number of nitrogens with one attached hydrogen (secondary N) is 1. The normalized spacial score (nSPS) is 26.0. The number of hydrogen-bond donors (Lipinski definition) is 5. The van der Waals surface area contributed by atoms with E-state index in [4.69, 9.17) is 11.5 Å². The fourth-order valence-corrected chi connectivity index (χ4v) is 3.77. The van der Waals surface area contributed by atoms with Crippen LogP contribution in [0.5, 0.6) is 0 Å². The van der Waals surface area contributed by atoms with Crippen LogP contribution in [0.1, 0.15) is 33.1 Å². The van der Waals surface area contributed by atoms with Gasteiger partial charge in [0.2, 0.25) is 23.6 Å². The van der Waals surface area contributed by atoms with Gasteiger partial charge >= 0.3 is 0 Å². The molecule has 2 heterocycles. The molecule has 0 saturated carbocycles. The lowest BCUT2D eigenvalue weighted by Gasteiger charge is -2.30. The van der Waals surface area contributed by atoms with Crippen LogP contribution in [-0.4, -0.2) is 93.6 Å². The number of rotatable bonds is 7. The Morgan fingerprint density at radius 3 is 2.28 bits per heavy atom. The van der Waals surface area contributed by atoms with Gasteiger partial charge in [-0.15, -0.1) is 0 Å². The van der Waals surface area contributed by atoms with Gasteiger partial charge in [0.25, 0.3) is 0 Å². The number of aliphatic hydroxyl groups excluding tert-OH is 2. The molecule has 0 aromatic rings. The van der Waals surface area contributed by atoms with Crippen LogP contribution in [0.25, 0.3) is 0 Å². The maximum absolute atomic E-state index is 12.9. The summed E-state index contributed by atoms with van der Waals surface area (Å²) in [5, 5.41) is 21.6. The highest BCUT2D eigenvalue weighted by Crippen LogP contribution is 2.24. The number of aliphatic hydroxyl groups is 2. The van der Waals surface area contributed by atoms with Gasteiger partial charge in [0.15, 0.2) is 0 Å². The summed E-state index contributed by atoms with van der Waals surface area (Å²) in [6, 6.07) is -2.95. The molecule has 2 saturated heterocycles. The Kier molecular flexibility index (Phi) is 7.55. The van der Waals surface area contributed by atoms with Crippen LogP contribution in [-0.2, 0) is 19.2 Å². The lowest BCUT2D eigenvalue weighted by Crippen LogP contribution is -2.55. The van der Waals surface area contributed by atoms with E-state index in [0.29, 0.717) is 32.4 Å². The minimum atomic E-state index is -1.20. The van der Waals surface area contributed by atoms with Gasteiger partial charge in [0.1, 0.15) is 18.1 Å². The molecule has 2 aliphatic rings. The molecule has 2 aliphatic heterocycles. The molecule has 2 rings (SSSR count). The minimum absolute atomic E-state index is 0.150. The van der Waals surface area contributed by atoms with E-state index in [1.54, 1.807) is 0 Å². The van der Waals surface area contributed by atoms with Crippen LogP contribution in [0.2, 0.25) is 0 Å². The molecule has 0 spiro atoms. The lowest BCUT2D eigenvalue weighted by molar-refractivity contribution is -0.145. The van der Waals surface area contributed by atoms with Gasteiger partial charge in [-0.25, -0.2) is 0 Å². The summed E-state index contributed by atoms with van der Waals surface area (Å²) in [6.07, 6.45) is -0.605. The van der Waals surface area contributed by atoms with Gasteiger partial charge in [0.05, 0.1) is 18.1 Å². The second-order valence-electron chi connectivity index (χ2n) is 7.86. The number of hydrogen-bond acceptors (Lipinski definition) is 7. The quantitative estimate of drug-likeness (QED) is 0.293. The van der Waals surface area contributed by atoms with Gasteiger partial charge in [-0.1, -0.05) is 0 Å². The van der Waals surface area contributed by atoms with E-state index in [1.165, 1.54) is 23.6 Å². The van der Waals surface area contributed by atoms with Crippen molar-refractivity contribution in [2.75, 3.05) is 19.6 Å². The third-order valence-corrected chi connectivity index (χ3v) is 5.58. The maximum atomic E-state index is 12.9. The predicted molar refractivity (Wildman–Crippen MR) is 102 cm³/mol. The van der Waals surface area contributed by atoms with Gasteiger partial charge < -0.3 is 36.8 Å². The van der Waals surface area contributed by atoms with Crippen molar-refractivity contribution in [3.05, 3.63) is 0 Å². The summed E-state index contributed by atoms with van der Waals surface area (Å²) >= 11 is 0. The molecule has 2 fully saturated rings. The van der Waals surface area contributed by atoms with Gasteiger partial charge in [0, 0.05) is 19.6 Å².